The van der Waals surface area contributed by atoms with Crippen LogP contribution in [0.1, 0.15) is 46.5 Å². The molecule has 1 amide bonds. The van der Waals surface area contributed by atoms with Crippen molar-refractivity contribution in [2.45, 2.75) is 38.4 Å². The van der Waals surface area contributed by atoms with Crippen LogP contribution in [0.2, 0.25) is 0 Å². The molecule has 0 saturated heterocycles. The fourth-order valence-electron chi connectivity index (χ4n) is 3.33. The summed E-state index contributed by atoms with van der Waals surface area (Å²) in [4.78, 5) is 39.1. The Balaban J connectivity index is 1.64. The maximum Gasteiger partial charge on any atom is 0.331 e. The third kappa shape index (κ3) is 3.98. The lowest BCUT2D eigenvalue weighted by Crippen LogP contribution is -2.44. The lowest BCUT2D eigenvalue weighted by Gasteiger charge is -2.19. The number of benzene rings is 1. The van der Waals surface area contributed by atoms with E-state index in [2.05, 4.69) is 5.32 Å². The van der Waals surface area contributed by atoms with E-state index < -0.39 is 29.7 Å². The van der Waals surface area contributed by atoms with Crippen LogP contribution >= 0.6 is 11.3 Å². The summed E-state index contributed by atoms with van der Waals surface area (Å²) in [7, 11) is 0. The zero-order valence-corrected chi connectivity index (χ0v) is 17.2. The van der Waals surface area contributed by atoms with Gasteiger partial charge in [-0.15, -0.1) is 11.3 Å². The normalized spacial score (nSPS) is 14.1. The van der Waals surface area contributed by atoms with Crippen LogP contribution in [-0.4, -0.2) is 15.0 Å². The quantitative estimate of drug-likeness (QED) is 0.663. The molecule has 8 heteroatoms. The Kier molecular flexibility index (Phi) is 5.38. The van der Waals surface area contributed by atoms with Crippen LogP contribution in [0.4, 0.5) is 0 Å². The van der Waals surface area contributed by atoms with Crippen molar-refractivity contribution >= 4 is 17.2 Å². The van der Waals surface area contributed by atoms with Gasteiger partial charge in [0.1, 0.15) is 18.2 Å². The first-order valence-electron chi connectivity index (χ1n) is 9.63. The predicted molar refractivity (Wildman–Crippen MR) is 113 cm³/mol. The number of amides is 1. The summed E-state index contributed by atoms with van der Waals surface area (Å²) >= 11 is 1.51. The van der Waals surface area contributed by atoms with Crippen LogP contribution < -0.4 is 16.6 Å². The topological polar surface area (TPSA) is 96.9 Å². The van der Waals surface area contributed by atoms with Crippen LogP contribution in [0.15, 0.2) is 57.6 Å². The van der Waals surface area contributed by atoms with Crippen molar-refractivity contribution in [2.75, 3.05) is 0 Å². The van der Waals surface area contributed by atoms with Gasteiger partial charge in [-0.3, -0.25) is 14.2 Å². The van der Waals surface area contributed by atoms with Crippen molar-refractivity contribution in [3.05, 3.63) is 90.4 Å². The second-order valence-electron chi connectivity index (χ2n) is 7.39. The Labute approximate surface area is 176 Å². The molecule has 0 radical (unpaired) electrons. The molecule has 2 heterocycles. The van der Waals surface area contributed by atoms with E-state index in [1.807, 2.05) is 54.8 Å². The van der Waals surface area contributed by atoms with E-state index in [9.17, 15) is 19.6 Å². The Morgan fingerprint density at radius 2 is 2.00 bits per heavy atom. The highest BCUT2D eigenvalue weighted by Gasteiger charge is 2.27. The Bertz CT molecular complexity index is 1230. The first-order valence-corrected chi connectivity index (χ1v) is 10.5. The molecule has 30 heavy (non-hydrogen) atoms. The van der Waals surface area contributed by atoms with Gasteiger partial charge in [-0.05, 0) is 36.8 Å². The molecule has 7 nitrogen and oxygen atoms in total. The molecule has 1 aliphatic carbocycles. The van der Waals surface area contributed by atoms with Crippen molar-refractivity contribution in [3.63, 3.8) is 0 Å². The van der Waals surface area contributed by atoms with E-state index >= 15 is 0 Å². The number of rotatable bonds is 6. The van der Waals surface area contributed by atoms with Gasteiger partial charge in [0, 0.05) is 17.1 Å². The van der Waals surface area contributed by atoms with Gasteiger partial charge in [-0.1, -0.05) is 35.9 Å². The molecular formula is C22H20N4O3S. The maximum absolute atomic E-state index is 12.9. The fraction of sp³-hybridized carbons (Fsp3) is 0.273. The SMILES string of the molecule is Cc1ccc(C(NC(=O)Cn2c(=O)c(C#N)cn(C3CC3)c2=O)c2cccs2)cc1. The van der Waals surface area contributed by atoms with Gasteiger partial charge < -0.3 is 5.32 Å². The summed E-state index contributed by atoms with van der Waals surface area (Å²) in [6.45, 7) is 1.55. The van der Waals surface area contributed by atoms with E-state index in [1.165, 1.54) is 22.1 Å². The predicted octanol–water partition coefficient (Wildman–Crippen LogP) is 2.49. The van der Waals surface area contributed by atoms with Gasteiger partial charge in [0.05, 0.1) is 6.04 Å². The van der Waals surface area contributed by atoms with Crippen LogP contribution in [0.25, 0.3) is 0 Å². The lowest BCUT2D eigenvalue weighted by molar-refractivity contribution is -0.122. The second kappa shape index (κ2) is 8.13. The summed E-state index contributed by atoms with van der Waals surface area (Å²) in [5, 5.41) is 14.1. The summed E-state index contributed by atoms with van der Waals surface area (Å²) in [5.41, 5.74) is 0.584. The molecule has 152 valence electrons. The van der Waals surface area contributed by atoms with Crippen LogP contribution in [0, 0.1) is 18.3 Å². The molecule has 1 atom stereocenters. The van der Waals surface area contributed by atoms with Crippen LogP contribution in [0.3, 0.4) is 0 Å². The molecule has 1 aliphatic rings. The van der Waals surface area contributed by atoms with Gasteiger partial charge in [0.15, 0.2) is 0 Å². The Morgan fingerprint density at radius 1 is 1.27 bits per heavy atom. The number of nitrogens with zero attached hydrogens (tertiary/aromatic N) is 3. The van der Waals surface area contributed by atoms with E-state index in [0.717, 1.165) is 33.4 Å². The van der Waals surface area contributed by atoms with Gasteiger partial charge in [-0.25, -0.2) is 9.36 Å². The van der Waals surface area contributed by atoms with Gasteiger partial charge in [0.25, 0.3) is 5.56 Å². The number of nitrogens with one attached hydrogen (secondary N) is 1. The molecule has 4 rings (SSSR count). The van der Waals surface area contributed by atoms with Gasteiger partial charge in [-0.2, -0.15) is 5.26 Å². The second-order valence-corrected chi connectivity index (χ2v) is 8.37. The number of hydrogen-bond acceptors (Lipinski definition) is 5. The number of carbonyl (C=O) groups is 1. The largest absolute Gasteiger partial charge is 0.343 e. The van der Waals surface area contributed by atoms with Crippen molar-refractivity contribution < 1.29 is 4.79 Å². The molecule has 2 aromatic heterocycles. The number of aromatic nitrogens is 2. The number of nitriles is 1. The number of thiophene rings is 1. The first-order chi connectivity index (χ1) is 14.5. The zero-order valence-electron chi connectivity index (χ0n) is 16.4. The molecular weight excluding hydrogens is 400 g/mol. The third-order valence-corrected chi connectivity index (χ3v) is 6.04. The van der Waals surface area contributed by atoms with E-state index in [1.54, 1.807) is 0 Å². The Morgan fingerprint density at radius 3 is 2.60 bits per heavy atom. The Hall–Kier alpha value is -3.44. The zero-order chi connectivity index (χ0) is 21.3. The standard InChI is InChI=1S/C22H20N4O3S/c1-14-4-6-15(7-5-14)20(18-3-2-10-30-18)24-19(27)13-26-21(28)16(11-23)12-25(22(26)29)17-8-9-17/h2-7,10,12,17,20H,8-9,13H2,1H3,(H,24,27). The number of aryl methyl sites for hydroxylation is 1. The first kappa shape index (κ1) is 19.9. The van der Waals surface area contributed by atoms with Gasteiger partial charge >= 0.3 is 5.69 Å². The van der Waals surface area contributed by atoms with Crippen molar-refractivity contribution in [1.82, 2.24) is 14.5 Å². The van der Waals surface area contributed by atoms with Crippen molar-refractivity contribution in [1.29, 1.82) is 5.26 Å². The summed E-state index contributed by atoms with van der Waals surface area (Å²) in [5.74, 6) is -0.467. The maximum atomic E-state index is 12.9. The molecule has 1 unspecified atom stereocenters. The molecule has 1 aromatic carbocycles. The summed E-state index contributed by atoms with van der Waals surface area (Å²) in [6.07, 6.45) is 2.95. The highest BCUT2D eigenvalue weighted by molar-refractivity contribution is 7.10. The smallest absolute Gasteiger partial charge is 0.331 e. The molecule has 0 aliphatic heterocycles. The molecule has 0 bridgehead atoms. The van der Waals surface area contributed by atoms with Crippen molar-refractivity contribution in [3.8, 4) is 6.07 Å². The number of hydrogen-bond donors (Lipinski definition) is 1. The molecule has 1 N–H and O–H groups in total. The average Bonchev–Trinajstić information content (AvgIpc) is 3.43. The highest BCUT2D eigenvalue weighted by atomic mass is 32.1. The summed E-state index contributed by atoms with van der Waals surface area (Å²) in [6, 6.07) is 13.1. The minimum absolute atomic E-state index is 0.00839. The number of carbonyl (C=O) groups excluding carboxylic acids is 1. The van der Waals surface area contributed by atoms with E-state index in [4.69, 9.17) is 0 Å². The molecule has 1 fully saturated rings. The van der Waals surface area contributed by atoms with E-state index in [0.29, 0.717) is 0 Å². The average molecular weight is 420 g/mol. The minimum Gasteiger partial charge on any atom is -0.343 e. The molecule has 0 spiro atoms. The summed E-state index contributed by atoms with van der Waals surface area (Å²) < 4.78 is 2.25. The van der Waals surface area contributed by atoms with Crippen LogP contribution in [0.5, 0.6) is 0 Å². The van der Waals surface area contributed by atoms with Gasteiger partial charge in [0.2, 0.25) is 5.91 Å². The molecule has 1 saturated carbocycles. The minimum atomic E-state index is -0.738. The monoisotopic (exact) mass is 420 g/mol. The van der Waals surface area contributed by atoms with Crippen LogP contribution in [-0.2, 0) is 11.3 Å². The fourth-order valence-corrected chi connectivity index (χ4v) is 4.14. The van der Waals surface area contributed by atoms with Crippen molar-refractivity contribution in [2.24, 2.45) is 0 Å². The van der Waals surface area contributed by atoms with E-state index in [-0.39, 0.29) is 11.6 Å². The lowest BCUT2D eigenvalue weighted by atomic mass is 10.0. The molecule has 3 aromatic rings. The third-order valence-electron chi connectivity index (χ3n) is 5.10. The highest BCUT2D eigenvalue weighted by Crippen LogP contribution is 2.33.